The molecular weight excluding hydrogens is 781 g/mol. The minimum atomic E-state index is -0.763. The summed E-state index contributed by atoms with van der Waals surface area (Å²) in [6.45, 7) is 11.4. The van der Waals surface area contributed by atoms with E-state index in [9.17, 15) is 14.4 Å². The molecule has 0 fully saturated rings. The zero-order valence-electron chi connectivity index (χ0n) is 43.2. The van der Waals surface area contributed by atoms with Crippen molar-refractivity contribution in [2.24, 2.45) is 11.8 Å². The first-order valence-corrected chi connectivity index (χ1v) is 28.2. The minimum Gasteiger partial charge on any atom is -0.462 e. The fourth-order valence-corrected chi connectivity index (χ4v) is 8.70. The lowest BCUT2D eigenvalue weighted by atomic mass is 10.0. The van der Waals surface area contributed by atoms with Crippen LogP contribution in [0.4, 0.5) is 0 Å². The van der Waals surface area contributed by atoms with Crippen molar-refractivity contribution in [1.29, 1.82) is 0 Å². The molecule has 6 nitrogen and oxygen atoms in total. The number of hydrogen-bond donors (Lipinski definition) is 0. The SMILES string of the molecule is CCCCCCCCCCCCCCCCCCCCCC(=O)OC[C@H](COC(=O)CCCCCCCCCC(C)C)OC(=O)CCCCCCCCCCCCCCCC(C)C. The maximum atomic E-state index is 12.8. The molecule has 0 rings (SSSR count). The Morgan fingerprint density at radius 2 is 0.524 bits per heavy atom. The summed E-state index contributed by atoms with van der Waals surface area (Å²) >= 11 is 0. The first-order valence-electron chi connectivity index (χ1n) is 28.2. The molecule has 0 aromatic rings. The maximum absolute atomic E-state index is 12.8. The molecule has 0 aromatic heterocycles. The second-order valence-electron chi connectivity index (χ2n) is 20.5. The van der Waals surface area contributed by atoms with Crippen molar-refractivity contribution < 1.29 is 28.6 Å². The highest BCUT2D eigenvalue weighted by Crippen LogP contribution is 2.18. The Bertz CT molecular complexity index is 962. The first-order chi connectivity index (χ1) is 30.7. The van der Waals surface area contributed by atoms with E-state index in [0.717, 1.165) is 69.6 Å². The number of ether oxygens (including phenoxy) is 3. The quantitative estimate of drug-likeness (QED) is 0.0344. The van der Waals surface area contributed by atoms with Crippen LogP contribution >= 0.6 is 0 Å². The summed E-state index contributed by atoms with van der Waals surface area (Å²) in [5.74, 6) is 0.774. The molecule has 0 heterocycles. The van der Waals surface area contributed by atoms with E-state index in [0.29, 0.717) is 19.3 Å². The Balaban J connectivity index is 4.24. The predicted molar refractivity (Wildman–Crippen MR) is 270 cm³/mol. The summed E-state index contributed by atoms with van der Waals surface area (Å²) in [5.41, 5.74) is 0. The Morgan fingerprint density at radius 1 is 0.302 bits per heavy atom. The van der Waals surface area contributed by atoms with Gasteiger partial charge in [-0.3, -0.25) is 14.4 Å². The molecule has 0 radical (unpaired) electrons. The Labute approximate surface area is 393 Å². The largest absolute Gasteiger partial charge is 0.462 e. The van der Waals surface area contributed by atoms with Crippen LogP contribution < -0.4 is 0 Å². The third-order valence-electron chi connectivity index (χ3n) is 13.0. The molecule has 0 saturated heterocycles. The highest BCUT2D eigenvalue weighted by molar-refractivity contribution is 5.71. The molecule has 0 aliphatic carbocycles. The van der Waals surface area contributed by atoms with E-state index in [4.69, 9.17) is 14.2 Å². The molecule has 0 aromatic carbocycles. The van der Waals surface area contributed by atoms with Crippen molar-refractivity contribution in [1.82, 2.24) is 0 Å². The van der Waals surface area contributed by atoms with Crippen LogP contribution in [0, 0.1) is 11.8 Å². The molecule has 0 saturated carbocycles. The van der Waals surface area contributed by atoms with Gasteiger partial charge in [-0.15, -0.1) is 0 Å². The number of rotatable bonds is 51. The summed E-state index contributed by atoms with van der Waals surface area (Å²) < 4.78 is 16.8. The van der Waals surface area contributed by atoms with Gasteiger partial charge in [0, 0.05) is 19.3 Å². The van der Waals surface area contributed by atoms with Gasteiger partial charge in [-0.25, -0.2) is 0 Å². The van der Waals surface area contributed by atoms with E-state index < -0.39 is 6.10 Å². The van der Waals surface area contributed by atoms with Gasteiger partial charge in [-0.05, 0) is 31.1 Å². The average molecular weight is 892 g/mol. The molecule has 0 spiro atoms. The fraction of sp³-hybridized carbons (Fsp3) is 0.947. The fourth-order valence-electron chi connectivity index (χ4n) is 8.70. The number of hydrogen-bond acceptors (Lipinski definition) is 6. The van der Waals surface area contributed by atoms with Gasteiger partial charge in [0.2, 0.25) is 0 Å². The standard InChI is InChI=1S/C57H110O6/c1-6-7-8-9-10-11-12-13-14-15-16-17-18-21-24-27-32-37-42-47-55(58)61-50-54(51-62-56(59)48-43-38-34-29-31-36-41-46-53(4)5)63-57(60)49-44-39-33-28-25-22-19-20-23-26-30-35-40-45-52(2)3/h52-54H,6-51H2,1-5H3/t54-/m1/s1. The van der Waals surface area contributed by atoms with Gasteiger partial charge in [0.15, 0.2) is 6.10 Å². The van der Waals surface area contributed by atoms with E-state index in [2.05, 4.69) is 34.6 Å². The zero-order valence-corrected chi connectivity index (χ0v) is 43.2. The lowest BCUT2D eigenvalue weighted by molar-refractivity contribution is -0.167. The van der Waals surface area contributed by atoms with Crippen LogP contribution in [0.1, 0.15) is 317 Å². The van der Waals surface area contributed by atoms with Gasteiger partial charge < -0.3 is 14.2 Å². The normalized spacial score (nSPS) is 12.0. The highest BCUT2D eigenvalue weighted by Gasteiger charge is 2.19. The average Bonchev–Trinajstić information content (AvgIpc) is 3.25. The molecule has 0 aliphatic rings. The van der Waals surface area contributed by atoms with E-state index in [-0.39, 0.29) is 31.1 Å². The van der Waals surface area contributed by atoms with Gasteiger partial charge in [-0.2, -0.15) is 0 Å². The van der Waals surface area contributed by atoms with Gasteiger partial charge >= 0.3 is 17.9 Å². The zero-order chi connectivity index (χ0) is 46.1. The Morgan fingerprint density at radius 3 is 0.778 bits per heavy atom. The topological polar surface area (TPSA) is 78.9 Å². The second kappa shape index (κ2) is 49.8. The number of esters is 3. The van der Waals surface area contributed by atoms with Gasteiger partial charge in [0.25, 0.3) is 0 Å². The third kappa shape index (κ3) is 51.3. The van der Waals surface area contributed by atoms with Crippen LogP contribution in [0.15, 0.2) is 0 Å². The van der Waals surface area contributed by atoms with Crippen LogP contribution in [0.2, 0.25) is 0 Å². The molecule has 0 amide bonds. The van der Waals surface area contributed by atoms with Crippen LogP contribution in [-0.2, 0) is 28.6 Å². The predicted octanol–water partition coefficient (Wildman–Crippen LogP) is 18.5. The van der Waals surface area contributed by atoms with Gasteiger partial charge in [-0.1, -0.05) is 279 Å². The first kappa shape index (κ1) is 61.4. The lowest BCUT2D eigenvalue weighted by Gasteiger charge is -2.18. The van der Waals surface area contributed by atoms with E-state index in [1.807, 2.05) is 0 Å². The van der Waals surface area contributed by atoms with E-state index in [1.165, 1.54) is 205 Å². The van der Waals surface area contributed by atoms with Crippen molar-refractivity contribution in [2.75, 3.05) is 13.2 Å². The molecule has 6 heteroatoms. The Kier molecular flexibility index (Phi) is 48.6. The smallest absolute Gasteiger partial charge is 0.306 e. The number of carbonyl (C=O) groups is 3. The Hall–Kier alpha value is -1.59. The summed E-state index contributed by atoms with van der Waals surface area (Å²) in [6, 6.07) is 0. The highest BCUT2D eigenvalue weighted by atomic mass is 16.6. The summed E-state index contributed by atoms with van der Waals surface area (Å²) in [4.78, 5) is 38.0. The lowest BCUT2D eigenvalue weighted by Crippen LogP contribution is -2.30. The van der Waals surface area contributed by atoms with Crippen molar-refractivity contribution >= 4 is 17.9 Å². The third-order valence-corrected chi connectivity index (χ3v) is 13.0. The monoisotopic (exact) mass is 891 g/mol. The van der Waals surface area contributed by atoms with Crippen LogP contribution in [0.3, 0.4) is 0 Å². The molecule has 0 bridgehead atoms. The van der Waals surface area contributed by atoms with Crippen molar-refractivity contribution in [3.63, 3.8) is 0 Å². The molecular formula is C57H110O6. The van der Waals surface area contributed by atoms with E-state index >= 15 is 0 Å². The summed E-state index contributed by atoms with van der Waals surface area (Å²) in [6.07, 6.45) is 52.5. The molecule has 374 valence electrons. The molecule has 0 unspecified atom stereocenters. The number of unbranched alkanes of at least 4 members (excludes halogenated alkanes) is 36. The van der Waals surface area contributed by atoms with Crippen LogP contribution in [0.5, 0.6) is 0 Å². The molecule has 1 atom stereocenters. The van der Waals surface area contributed by atoms with Crippen molar-refractivity contribution in [2.45, 2.75) is 323 Å². The minimum absolute atomic E-state index is 0.0636. The number of carbonyl (C=O) groups excluding carboxylic acids is 3. The molecule has 0 aliphatic heterocycles. The second-order valence-corrected chi connectivity index (χ2v) is 20.5. The molecule has 0 N–H and O–H groups in total. The van der Waals surface area contributed by atoms with Crippen molar-refractivity contribution in [3.05, 3.63) is 0 Å². The van der Waals surface area contributed by atoms with Crippen molar-refractivity contribution in [3.8, 4) is 0 Å². The van der Waals surface area contributed by atoms with Gasteiger partial charge in [0.05, 0.1) is 0 Å². The van der Waals surface area contributed by atoms with Crippen LogP contribution in [0.25, 0.3) is 0 Å². The van der Waals surface area contributed by atoms with E-state index in [1.54, 1.807) is 0 Å². The van der Waals surface area contributed by atoms with Crippen LogP contribution in [-0.4, -0.2) is 37.2 Å². The van der Waals surface area contributed by atoms with Gasteiger partial charge in [0.1, 0.15) is 13.2 Å². The maximum Gasteiger partial charge on any atom is 0.306 e. The summed E-state index contributed by atoms with van der Waals surface area (Å²) in [7, 11) is 0. The molecule has 63 heavy (non-hydrogen) atoms. The summed E-state index contributed by atoms with van der Waals surface area (Å²) in [5, 5.41) is 0.